The van der Waals surface area contributed by atoms with Gasteiger partial charge in [-0.2, -0.15) is 0 Å². The smallest absolute Gasteiger partial charge is 0.122 e. The largest absolute Gasteiger partial charge is 0.492 e. The minimum absolute atomic E-state index is 0.356. The molecule has 0 spiro atoms. The van der Waals surface area contributed by atoms with Crippen LogP contribution in [-0.4, -0.2) is 42.9 Å². The van der Waals surface area contributed by atoms with E-state index in [9.17, 15) is 5.11 Å². The van der Waals surface area contributed by atoms with E-state index in [0.717, 1.165) is 17.9 Å². The Morgan fingerprint density at radius 1 is 1.05 bits per heavy atom. The van der Waals surface area contributed by atoms with Gasteiger partial charge in [-0.15, -0.1) is 0 Å². The number of aliphatic hydroxyl groups excluding tert-OH is 1. The summed E-state index contributed by atoms with van der Waals surface area (Å²) < 4.78 is 5.78. The highest BCUT2D eigenvalue weighted by molar-refractivity contribution is 5.31. The number of aliphatic hydroxyl groups is 1. The molecule has 0 aromatic heterocycles. The lowest BCUT2D eigenvalue weighted by Crippen LogP contribution is -2.33. The quantitative estimate of drug-likeness (QED) is 0.813. The number of likely N-dealkylation sites (N-methyl/N-ethyl adjacent to an activating group) is 1. The highest BCUT2D eigenvalue weighted by Gasteiger charge is 2.09. The number of hydrogen-bond donors (Lipinski definition) is 1. The van der Waals surface area contributed by atoms with Gasteiger partial charge in [0.05, 0.1) is 6.10 Å². The molecule has 2 aromatic carbocycles. The van der Waals surface area contributed by atoms with Crippen LogP contribution in [0.5, 0.6) is 5.75 Å². The summed E-state index contributed by atoms with van der Waals surface area (Å²) in [4.78, 5) is 2.10. The fourth-order valence-electron chi connectivity index (χ4n) is 2.43. The van der Waals surface area contributed by atoms with E-state index in [4.69, 9.17) is 4.74 Å². The maximum atomic E-state index is 10.2. The van der Waals surface area contributed by atoms with Crippen LogP contribution in [0, 0.1) is 6.92 Å². The zero-order chi connectivity index (χ0) is 15.8. The summed E-state index contributed by atoms with van der Waals surface area (Å²) >= 11 is 0. The van der Waals surface area contributed by atoms with Crippen LogP contribution in [0.25, 0.3) is 0 Å². The molecular formula is C19H25NO2. The average Bonchev–Trinajstić information content (AvgIpc) is 2.50. The molecular weight excluding hydrogens is 274 g/mol. The number of benzene rings is 2. The van der Waals surface area contributed by atoms with Gasteiger partial charge in [0.15, 0.2) is 0 Å². The minimum atomic E-state index is -0.356. The number of aryl methyl sites for hydroxylation is 1. The Balaban J connectivity index is 1.69. The lowest BCUT2D eigenvalue weighted by Gasteiger charge is -2.21. The standard InChI is InChI=1S/C19H25NO2/c1-16-8-6-7-11-19(16)22-13-12-20(2)15-18(21)14-17-9-4-3-5-10-17/h3-11,18,21H,12-15H2,1-2H3. The topological polar surface area (TPSA) is 32.7 Å². The van der Waals surface area contributed by atoms with Gasteiger partial charge in [0.2, 0.25) is 0 Å². The van der Waals surface area contributed by atoms with Crippen molar-refractivity contribution < 1.29 is 9.84 Å². The molecule has 0 amide bonds. The molecule has 0 fully saturated rings. The first-order valence-electron chi connectivity index (χ1n) is 7.74. The molecule has 2 rings (SSSR count). The monoisotopic (exact) mass is 299 g/mol. The Morgan fingerprint density at radius 3 is 2.45 bits per heavy atom. The molecule has 0 saturated carbocycles. The summed E-state index contributed by atoms with van der Waals surface area (Å²) in [5.74, 6) is 0.931. The summed E-state index contributed by atoms with van der Waals surface area (Å²) in [6.45, 7) is 4.11. The minimum Gasteiger partial charge on any atom is -0.492 e. The van der Waals surface area contributed by atoms with Crippen LogP contribution in [0.1, 0.15) is 11.1 Å². The summed E-state index contributed by atoms with van der Waals surface area (Å²) in [7, 11) is 2.01. The molecule has 1 N–H and O–H groups in total. The van der Waals surface area contributed by atoms with E-state index in [0.29, 0.717) is 19.6 Å². The van der Waals surface area contributed by atoms with Crippen molar-refractivity contribution in [3.63, 3.8) is 0 Å². The molecule has 0 saturated heterocycles. The van der Waals surface area contributed by atoms with E-state index in [-0.39, 0.29) is 6.10 Å². The third-order valence-electron chi connectivity index (χ3n) is 3.66. The number of hydrogen-bond acceptors (Lipinski definition) is 3. The van der Waals surface area contributed by atoms with Crippen molar-refractivity contribution in [2.75, 3.05) is 26.7 Å². The molecule has 3 heteroatoms. The zero-order valence-electron chi connectivity index (χ0n) is 13.4. The number of para-hydroxylation sites is 1. The molecule has 0 aliphatic rings. The first-order chi connectivity index (χ1) is 10.6. The van der Waals surface area contributed by atoms with Crippen LogP contribution in [0.4, 0.5) is 0 Å². The van der Waals surface area contributed by atoms with Crippen molar-refractivity contribution in [3.8, 4) is 5.75 Å². The predicted octanol–water partition coefficient (Wildman–Crippen LogP) is 2.91. The first kappa shape index (κ1) is 16.5. The zero-order valence-corrected chi connectivity index (χ0v) is 13.4. The Hall–Kier alpha value is -1.84. The molecule has 1 atom stereocenters. The average molecular weight is 299 g/mol. The van der Waals surface area contributed by atoms with Crippen molar-refractivity contribution in [2.45, 2.75) is 19.4 Å². The second-order valence-corrected chi connectivity index (χ2v) is 5.72. The van der Waals surface area contributed by atoms with Crippen molar-refractivity contribution in [3.05, 3.63) is 65.7 Å². The number of ether oxygens (including phenoxy) is 1. The van der Waals surface area contributed by atoms with E-state index in [1.54, 1.807) is 0 Å². The molecule has 3 nitrogen and oxygen atoms in total. The lowest BCUT2D eigenvalue weighted by atomic mass is 10.1. The Labute approximate surface area is 133 Å². The molecule has 118 valence electrons. The third-order valence-corrected chi connectivity index (χ3v) is 3.66. The Bertz CT molecular complexity index is 556. The maximum absolute atomic E-state index is 10.2. The number of rotatable bonds is 8. The van der Waals surface area contributed by atoms with Crippen molar-refractivity contribution in [1.29, 1.82) is 0 Å². The van der Waals surface area contributed by atoms with Gasteiger partial charge in [-0.05, 0) is 37.6 Å². The van der Waals surface area contributed by atoms with Crippen LogP contribution in [0.15, 0.2) is 54.6 Å². The van der Waals surface area contributed by atoms with Crippen molar-refractivity contribution >= 4 is 0 Å². The molecule has 0 aliphatic heterocycles. The van der Waals surface area contributed by atoms with Gasteiger partial charge >= 0.3 is 0 Å². The van der Waals surface area contributed by atoms with Gasteiger partial charge in [-0.25, -0.2) is 0 Å². The van der Waals surface area contributed by atoms with E-state index in [2.05, 4.69) is 4.90 Å². The molecule has 22 heavy (non-hydrogen) atoms. The normalized spacial score (nSPS) is 12.4. The molecule has 0 aliphatic carbocycles. The van der Waals surface area contributed by atoms with Crippen LogP contribution >= 0.6 is 0 Å². The highest BCUT2D eigenvalue weighted by atomic mass is 16.5. The van der Waals surface area contributed by atoms with Crippen LogP contribution < -0.4 is 4.74 Å². The summed E-state index contributed by atoms with van der Waals surface area (Å²) in [5.41, 5.74) is 2.31. The highest BCUT2D eigenvalue weighted by Crippen LogP contribution is 2.15. The van der Waals surface area contributed by atoms with E-state index >= 15 is 0 Å². The second kappa shape index (κ2) is 8.57. The number of nitrogens with zero attached hydrogens (tertiary/aromatic N) is 1. The van der Waals surface area contributed by atoms with Crippen molar-refractivity contribution in [1.82, 2.24) is 4.90 Å². The molecule has 0 bridgehead atoms. The van der Waals surface area contributed by atoms with Crippen LogP contribution in [0.3, 0.4) is 0 Å². The van der Waals surface area contributed by atoms with Gasteiger partial charge in [0.25, 0.3) is 0 Å². The van der Waals surface area contributed by atoms with Crippen LogP contribution in [-0.2, 0) is 6.42 Å². The second-order valence-electron chi connectivity index (χ2n) is 5.72. The SMILES string of the molecule is Cc1ccccc1OCCN(C)CC(O)Cc1ccccc1. The van der Waals surface area contributed by atoms with Gasteiger partial charge in [-0.3, -0.25) is 0 Å². The van der Waals surface area contributed by atoms with Crippen molar-refractivity contribution in [2.24, 2.45) is 0 Å². The summed E-state index contributed by atoms with van der Waals surface area (Å²) in [5, 5.41) is 10.2. The molecule has 0 radical (unpaired) electrons. The summed E-state index contributed by atoms with van der Waals surface area (Å²) in [6.07, 6.45) is 0.329. The van der Waals surface area contributed by atoms with Crippen LogP contribution in [0.2, 0.25) is 0 Å². The Morgan fingerprint density at radius 2 is 1.73 bits per heavy atom. The fraction of sp³-hybridized carbons (Fsp3) is 0.368. The van der Waals surface area contributed by atoms with E-state index < -0.39 is 0 Å². The Kier molecular flexibility index (Phi) is 6.44. The summed E-state index contributed by atoms with van der Waals surface area (Å²) in [6, 6.07) is 18.1. The van der Waals surface area contributed by atoms with Gasteiger partial charge in [0.1, 0.15) is 12.4 Å². The predicted molar refractivity (Wildman–Crippen MR) is 90.3 cm³/mol. The maximum Gasteiger partial charge on any atom is 0.122 e. The lowest BCUT2D eigenvalue weighted by molar-refractivity contribution is 0.117. The van der Waals surface area contributed by atoms with E-state index in [1.807, 2.05) is 68.6 Å². The fourth-order valence-corrected chi connectivity index (χ4v) is 2.43. The van der Waals surface area contributed by atoms with E-state index in [1.165, 1.54) is 5.56 Å². The van der Waals surface area contributed by atoms with Gasteiger partial charge < -0.3 is 14.7 Å². The van der Waals surface area contributed by atoms with Gasteiger partial charge in [0, 0.05) is 13.1 Å². The first-order valence-corrected chi connectivity index (χ1v) is 7.74. The third kappa shape index (κ3) is 5.51. The molecule has 1 unspecified atom stereocenters. The molecule has 0 heterocycles. The van der Waals surface area contributed by atoms with Gasteiger partial charge in [-0.1, -0.05) is 48.5 Å². The molecule has 2 aromatic rings.